The Morgan fingerprint density at radius 3 is 2.74 bits per heavy atom. The maximum Gasteiger partial charge on any atom is 0.274 e. The Bertz CT molecular complexity index is 1020. The van der Waals surface area contributed by atoms with E-state index in [0.717, 1.165) is 23.9 Å². The number of nitrogens with zero attached hydrogens (tertiary/aromatic N) is 1. The summed E-state index contributed by atoms with van der Waals surface area (Å²) in [7, 11) is 0. The van der Waals surface area contributed by atoms with Crippen molar-refractivity contribution in [2.24, 2.45) is 0 Å². The molecule has 0 aromatic carbocycles. The first kappa shape index (κ1) is 28.1. The van der Waals surface area contributed by atoms with Crippen LogP contribution in [0.1, 0.15) is 49.8 Å². The van der Waals surface area contributed by atoms with Crippen LogP contribution in [0.15, 0.2) is 36.1 Å². The van der Waals surface area contributed by atoms with Gasteiger partial charge >= 0.3 is 0 Å². The number of hydrogen-bond acceptors (Lipinski definition) is 8. The summed E-state index contributed by atoms with van der Waals surface area (Å²) in [6.07, 6.45) is 2.63. The molecule has 3 atom stereocenters. The number of thioether (sulfide) groups is 1. The second kappa shape index (κ2) is 13.7. The van der Waals surface area contributed by atoms with Crippen molar-refractivity contribution in [2.45, 2.75) is 58.6 Å². The topological polar surface area (TPSA) is 147 Å². The van der Waals surface area contributed by atoms with E-state index >= 15 is 0 Å². The Balaban J connectivity index is 2.28. The Labute approximate surface area is 206 Å². The molecule has 2 rings (SSSR count). The summed E-state index contributed by atoms with van der Waals surface area (Å²) in [5, 5.41) is 17.9. The molecule has 0 spiro atoms. The van der Waals surface area contributed by atoms with Crippen molar-refractivity contribution in [1.82, 2.24) is 20.9 Å². The fraction of sp³-hybridized carbons (Fsp3) is 0.435. The average molecular weight is 509 g/mol. The van der Waals surface area contributed by atoms with E-state index in [1.165, 1.54) is 26.8 Å². The molecule has 1 unspecified atom stereocenters. The first-order valence-corrected chi connectivity index (χ1v) is 11.9. The number of rotatable bonds is 4. The van der Waals surface area contributed by atoms with Gasteiger partial charge in [-0.2, -0.15) is 0 Å². The van der Waals surface area contributed by atoms with E-state index in [2.05, 4.69) is 20.9 Å². The summed E-state index contributed by atoms with van der Waals surface area (Å²) >= 11 is 1.16. The van der Waals surface area contributed by atoms with Gasteiger partial charge in [0, 0.05) is 12.7 Å². The second-order valence-electron chi connectivity index (χ2n) is 7.65. The predicted molar refractivity (Wildman–Crippen MR) is 127 cm³/mol. The number of aliphatic hydroxyl groups excluding tert-OH is 1. The highest BCUT2D eigenvalue weighted by Gasteiger charge is 2.25. The van der Waals surface area contributed by atoms with Gasteiger partial charge in [-0.1, -0.05) is 30.0 Å². The van der Waals surface area contributed by atoms with E-state index in [1.54, 1.807) is 12.2 Å². The second-order valence-corrected chi connectivity index (χ2v) is 8.92. The van der Waals surface area contributed by atoms with Crippen molar-refractivity contribution in [3.8, 4) is 0 Å². The maximum absolute atomic E-state index is 14.2. The van der Waals surface area contributed by atoms with Gasteiger partial charge in [-0.3, -0.25) is 19.2 Å². The molecule has 1 aliphatic rings. The number of ether oxygens (including phenoxy) is 1. The van der Waals surface area contributed by atoms with Crippen LogP contribution in [0.4, 0.5) is 4.39 Å². The van der Waals surface area contributed by atoms with Crippen LogP contribution in [0.5, 0.6) is 0 Å². The first-order chi connectivity index (χ1) is 16.6. The zero-order valence-electron chi connectivity index (χ0n) is 19.7. The minimum Gasteiger partial charge on any atom is -0.366 e. The monoisotopic (exact) mass is 508 g/mol. The van der Waals surface area contributed by atoms with Crippen LogP contribution in [0.25, 0.3) is 0 Å². The number of carbonyl (C=O) groups is 4. The van der Waals surface area contributed by atoms with Crippen LogP contribution in [0.3, 0.4) is 0 Å². The number of aliphatic hydroxyl groups is 1. The Morgan fingerprint density at radius 2 is 2.06 bits per heavy atom. The summed E-state index contributed by atoms with van der Waals surface area (Å²) in [6, 6.07) is 1.31. The fourth-order valence-electron chi connectivity index (χ4n) is 2.95. The number of amides is 3. The minimum atomic E-state index is -1.48. The van der Waals surface area contributed by atoms with Crippen molar-refractivity contribution in [3.63, 3.8) is 0 Å². The number of fused-ring (bicyclic) bond motifs is 2. The molecule has 4 N–H and O–H groups in total. The standard InChI is InChI=1S/C23H29FN4O6S/c1-4-17-21(31)26-13(2)23(33)34-15(7-5-6-10-35-14(3)29)11-20(30)25-12-19-16(24)8-9-18(27-19)22(32)28-17/h4-5,7-9,13,15,23,33H,6,10-12H2,1-3H3,(H,25,30)(H,26,31)(H,28,32)/b7-5+,17-4-/t13-,15+,23?/m0/s1. The molecule has 0 saturated carbocycles. The van der Waals surface area contributed by atoms with Crippen molar-refractivity contribution >= 4 is 34.6 Å². The van der Waals surface area contributed by atoms with Gasteiger partial charge in [0.25, 0.3) is 11.8 Å². The van der Waals surface area contributed by atoms with E-state index in [-0.39, 0.29) is 35.2 Å². The minimum absolute atomic E-state index is 0.0136. The molecule has 1 aromatic rings. The molecular formula is C23H29FN4O6S. The van der Waals surface area contributed by atoms with Crippen LogP contribution in [-0.2, 0) is 25.7 Å². The van der Waals surface area contributed by atoms with Crippen molar-refractivity contribution in [2.75, 3.05) is 5.75 Å². The number of carbonyl (C=O) groups excluding carboxylic acids is 4. The number of aromatic nitrogens is 1. The molecule has 0 aliphatic carbocycles. The molecule has 3 amide bonds. The largest absolute Gasteiger partial charge is 0.366 e. The highest BCUT2D eigenvalue weighted by molar-refractivity contribution is 8.13. The summed E-state index contributed by atoms with van der Waals surface area (Å²) < 4.78 is 19.8. The number of pyridine rings is 1. The number of hydrogen-bond donors (Lipinski definition) is 4. The molecule has 0 saturated heterocycles. The van der Waals surface area contributed by atoms with Crippen LogP contribution in [-0.4, -0.2) is 57.1 Å². The van der Waals surface area contributed by atoms with Gasteiger partial charge in [0.15, 0.2) is 11.4 Å². The smallest absolute Gasteiger partial charge is 0.274 e. The quantitative estimate of drug-likeness (QED) is 0.270. The fourth-order valence-corrected chi connectivity index (χ4v) is 3.49. The van der Waals surface area contributed by atoms with Gasteiger partial charge < -0.3 is 25.8 Å². The van der Waals surface area contributed by atoms with Gasteiger partial charge in [0.2, 0.25) is 5.91 Å². The summed E-state index contributed by atoms with van der Waals surface area (Å²) in [5.74, 6) is -2.12. The normalized spacial score (nSPS) is 23.6. The SMILES string of the molecule is C/C=C1\NC(=O)c2ccc(F)c(n2)CNC(=O)C[C@@H](/C=C/CCSC(C)=O)OC(O)[C@H](C)NC1=O. The maximum atomic E-state index is 14.2. The first-order valence-electron chi connectivity index (χ1n) is 10.9. The van der Waals surface area contributed by atoms with Crippen LogP contribution in [0, 0.1) is 5.82 Å². The van der Waals surface area contributed by atoms with Crippen LogP contribution in [0.2, 0.25) is 0 Å². The van der Waals surface area contributed by atoms with Crippen LogP contribution < -0.4 is 16.0 Å². The summed E-state index contributed by atoms with van der Waals surface area (Å²) in [5.41, 5.74) is -0.399. The van der Waals surface area contributed by atoms with Gasteiger partial charge in [0.05, 0.1) is 30.8 Å². The molecule has 1 aromatic heterocycles. The van der Waals surface area contributed by atoms with Crippen molar-refractivity contribution in [1.29, 1.82) is 0 Å². The number of nitrogens with one attached hydrogen (secondary N) is 3. The number of allylic oxidation sites excluding steroid dienone is 2. The molecule has 10 nitrogen and oxygen atoms in total. The number of halogens is 1. The van der Waals surface area contributed by atoms with E-state index in [4.69, 9.17) is 4.74 Å². The highest BCUT2D eigenvalue weighted by Crippen LogP contribution is 2.12. The molecule has 0 radical (unpaired) electrons. The molecule has 1 aliphatic heterocycles. The van der Waals surface area contributed by atoms with Crippen molar-refractivity contribution in [3.05, 3.63) is 53.3 Å². The van der Waals surface area contributed by atoms with E-state index < -0.39 is 42.0 Å². The van der Waals surface area contributed by atoms with E-state index in [1.807, 2.05) is 0 Å². The lowest BCUT2D eigenvalue weighted by Gasteiger charge is -2.25. The van der Waals surface area contributed by atoms with Gasteiger partial charge in [-0.05, 0) is 32.4 Å². The van der Waals surface area contributed by atoms with Crippen LogP contribution >= 0.6 is 11.8 Å². The summed E-state index contributed by atoms with van der Waals surface area (Å²) in [6.45, 7) is 4.22. The molecule has 0 fully saturated rings. The van der Waals surface area contributed by atoms with Gasteiger partial charge in [-0.25, -0.2) is 9.37 Å². The highest BCUT2D eigenvalue weighted by atomic mass is 32.2. The Morgan fingerprint density at radius 1 is 1.31 bits per heavy atom. The third kappa shape index (κ3) is 9.23. The average Bonchev–Trinajstić information content (AvgIpc) is 2.80. The molecule has 2 heterocycles. The Hall–Kier alpha value is -3.09. The predicted octanol–water partition coefficient (Wildman–Crippen LogP) is 1.31. The third-order valence-electron chi connectivity index (χ3n) is 4.81. The van der Waals surface area contributed by atoms with Gasteiger partial charge in [0.1, 0.15) is 17.2 Å². The molecule has 35 heavy (non-hydrogen) atoms. The van der Waals surface area contributed by atoms with E-state index in [9.17, 15) is 28.7 Å². The molecule has 12 heteroatoms. The lowest BCUT2D eigenvalue weighted by atomic mass is 10.2. The zero-order valence-corrected chi connectivity index (χ0v) is 20.5. The van der Waals surface area contributed by atoms with Gasteiger partial charge in [-0.15, -0.1) is 0 Å². The van der Waals surface area contributed by atoms with E-state index in [0.29, 0.717) is 12.2 Å². The molecule has 2 bridgehead atoms. The summed E-state index contributed by atoms with van der Waals surface area (Å²) in [4.78, 5) is 52.6. The zero-order chi connectivity index (χ0) is 26.0. The third-order valence-corrected chi connectivity index (χ3v) is 5.66. The Kier molecular flexibility index (Phi) is 11.0. The lowest BCUT2D eigenvalue weighted by molar-refractivity contribution is -0.150. The molecular weight excluding hydrogens is 479 g/mol. The molecule has 190 valence electrons. The lowest BCUT2D eigenvalue weighted by Crippen LogP contribution is -2.46. The van der Waals surface area contributed by atoms with Crippen molar-refractivity contribution < 1.29 is 33.4 Å².